The van der Waals surface area contributed by atoms with Crippen molar-refractivity contribution >= 4 is 85.3 Å². The van der Waals surface area contributed by atoms with E-state index < -0.39 is 0 Å². The number of benzene rings is 6. The van der Waals surface area contributed by atoms with Crippen LogP contribution in [0.4, 0.5) is 17.2 Å². The Bertz CT molecular complexity index is 2720. The first kappa shape index (κ1) is 25.0. The molecule has 220 valence electrons. The highest BCUT2D eigenvalue weighted by Crippen LogP contribution is 2.42. The van der Waals surface area contributed by atoms with E-state index >= 15 is 0 Å². The van der Waals surface area contributed by atoms with E-state index in [0.717, 1.165) is 62.2 Å². The molecule has 0 amide bonds. The number of aromatic nitrogens is 2. The average Bonchev–Trinajstić information content (AvgIpc) is 3.48. The van der Waals surface area contributed by atoms with E-state index in [0.29, 0.717) is 0 Å². The molecule has 12 rings (SSSR count). The summed E-state index contributed by atoms with van der Waals surface area (Å²) in [5.41, 5.74) is 12.7. The molecule has 0 unspecified atom stereocenters. The molecule has 0 bridgehead atoms. The zero-order valence-corrected chi connectivity index (χ0v) is 25.6. The molecule has 0 N–H and O–H groups in total. The molecule has 0 atom stereocenters. The Morgan fingerprint density at radius 2 is 1.19 bits per heavy atom. The molecule has 0 radical (unpaired) electrons. The van der Waals surface area contributed by atoms with Gasteiger partial charge in [0, 0.05) is 38.8 Å². The zero-order chi connectivity index (χ0) is 31.1. The van der Waals surface area contributed by atoms with Crippen LogP contribution in [-0.2, 0) is 0 Å². The fraction of sp³-hybridized carbons (Fsp3) is 0. The fourth-order valence-electron chi connectivity index (χ4n) is 8.85. The fourth-order valence-corrected chi connectivity index (χ4v) is 8.85. The summed E-state index contributed by atoms with van der Waals surface area (Å²) in [5, 5.41) is 2.54. The highest BCUT2D eigenvalue weighted by Gasteiger charge is 2.46. The Labute approximate surface area is 276 Å². The van der Waals surface area contributed by atoms with Crippen LogP contribution in [0.25, 0.3) is 27.5 Å². The van der Waals surface area contributed by atoms with E-state index in [2.05, 4.69) is 125 Å². The predicted molar refractivity (Wildman–Crippen MR) is 196 cm³/mol. The van der Waals surface area contributed by atoms with Gasteiger partial charge in [0.15, 0.2) is 0 Å². The third-order valence-electron chi connectivity index (χ3n) is 10.7. The number of hydrogen-bond acceptors (Lipinski definition) is 4. The molecule has 8 aromatic rings. The maximum absolute atomic E-state index is 6.80. The standard InChI is InChI=1S/C41H23B2N3O2/c1-2-11-24(12-3-1)45-31-18-9-19-32-37(31)42(28-16-8-14-26-25-13-4-6-17-30(25)46(32)39(26)28)29-23-36-40(44-41(29)45)43-27-15-5-7-20-33(27)47-34-21-10-22-35(48-36)38(34)43/h1-23H. The molecule has 0 aliphatic carbocycles. The normalized spacial score (nSPS) is 14.0. The minimum absolute atomic E-state index is 0.0252. The first-order valence-electron chi connectivity index (χ1n) is 16.5. The van der Waals surface area contributed by atoms with Gasteiger partial charge in [0.25, 0.3) is 13.4 Å². The van der Waals surface area contributed by atoms with Crippen molar-refractivity contribution in [1.29, 1.82) is 0 Å². The van der Waals surface area contributed by atoms with E-state index in [-0.39, 0.29) is 13.4 Å². The van der Waals surface area contributed by atoms with Crippen LogP contribution in [0, 0.1) is 0 Å². The van der Waals surface area contributed by atoms with Gasteiger partial charge in [0.1, 0.15) is 28.8 Å². The van der Waals surface area contributed by atoms with Gasteiger partial charge in [-0.2, -0.15) is 0 Å². The zero-order valence-electron chi connectivity index (χ0n) is 25.6. The monoisotopic (exact) mass is 611 g/mol. The number of para-hydroxylation sites is 4. The second-order valence-electron chi connectivity index (χ2n) is 13.0. The average molecular weight is 611 g/mol. The second-order valence-corrected chi connectivity index (χ2v) is 13.0. The molecule has 5 nitrogen and oxygen atoms in total. The SMILES string of the molecule is c1ccc(N2c3cccc4c3B(c3cc5c(nc32)B2c3ccccc3Oc3cccc(c32)O5)c2cccc3c5ccccc5n-4c23)cc1. The number of rotatable bonds is 1. The van der Waals surface area contributed by atoms with Crippen molar-refractivity contribution in [1.82, 2.24) is 9.55 Å². The summed E-state index contributed by atoms with van der Waals surface area (Å²) in [7, 11) is 0. The Kier molecular flexibility index (Phi) is 4.56. The summed E-state index contributed by atoms with van der Waals surface area (Å²) in [6, 6.07) is 49.6. The van der Waals surface area contributed by atoms with Gasteiger partial charge in [-0.3, -0.25) is 4.90 Å². The lowest BCUT2D eigenvalue weighted by Gasteiger charge is -2.40. The highest BCUT2D eigenvalue weighted by molar-refractivity contribution is 7.01. The summed E-state index contributed by atoms with van der Waals surface area (Å²) >= 11 is 0. The van der Waals surface area contributed by atoms with Crippen molar-refractivity contribution < 1.29 is 9.47 Å². The molecule has 0 fully saturated rings. The van der Waals surface area contributed by atoms with E-state index in [4.69, 9.17) is 14.5 Å². The van der Waals surface area contributed by atoms with Gasteiger partial charge < -0.3 is 14.0 Å². The van der Waals surface area contributed by atoms with Crippen molar-refractivity contribution in [2.75, 3.05) is 4.90 Å². The van der Waals surface area contributed by atoms with E-state index in [1.54, 1.807) is 0 Å². The van der Waals surface area contributed by atoms with Gasteiger partial charge in [-0.1, -0.05) is 84.9 Å². The van der Waals surface area contributed by atoms with Gasteiger partial charge in [-0.05, 0) is 76.4 Å². The van der Waals surface area contributed by atoms with Crippen LogP contribution in [0.2, 0.25) is 0 Å². The van der Waals surface area contributed by atoms with Gasteiger partial charge >= 0.3 is 0 Å². The van der Waals surface area contributed by atoms with Crippen molar-refractivity contribution in [3.63, 3.8) is 0 Å². The minimum atomic E-state index is -0.113. The molecule has 48 heavy (non-hydrogen) atoms. The predicted octanol–water partition coefficient (Wildman–Crippen LogP) is 5.52. The topological polar surface area (TPSA) is 39.5 Å². The van der Waals surface area contributed by atoms with Crippen molar-refractivity contribution in [2.24, 2.45) is 0 Å². The molecule has 7 heteroatoms. The Morgan fingerprint density at radius 3 is 2.10 bits per heavy atom. The lowest BCUT2D eigenvalue weighted by Crippen LogP contribution is -2.63. The Morgan fingerprint density at radius 1 is 0.500 bits per heavy atom. The van der Waals surface area contributed by atoms with E-state index in [9.17, 15) is 0 Å². The van der Waals surface area contributed by atoms with Gasteiger partial charge in [-0.15, -0.1) is 0 Å². The quantitative estimate of drug-likeness (QED) is 0.230. The molecule has 6 aromatic carbocycles. The maximum atomic E-state index is 6.80. The summed E-state index contributed by atoms with van der Waals surface area (Å²) in [6.07, 6.45) is 0. The lowest BCUT2D eigenvalue weighted by molar-refractivity contribution is 0.463. The van der Waals surface area contributed by atoms with Crippen molar-refractivity contribution in [3.05, 3.63) is 140 Å². The van der Waals surface area contributed by atoms with Gasteiger partial charge in [0.05, 0.1) is 11.1 Å². The molecular formula is C41H23B2N3O2. The summed E-state index contributed by atoms with van der Waals surface area (Å²) in [6.45, 7) is -0.138. The Hall–Kier alpha value is -6.20. The minimum Gasteiger partial charge on any atom is -0.458 e. The molecule has 0 saturated heterocycles. The van der Waals surface area contributed by atoms with E-state index in [1.807, 2.05) is 24.3 Å². The maximum Gasteiger partial charge on any atom is 0.284 e. The number of hydrogen-bond donors (Lipinski definition) is 0. The number of anilines is 3. The molecule has 4 aliphatic rings. The Balaban J connectivity index is 1.21. The summed E-state index contributed by atoms with van der Waals surface area (Å²) < 4.78 is 15.7. The van der Waals surface area contributed by atoms with Crippen LogP contribution in [0.3, 0.4) is 0 Å². The smallest absolute Gasteiger partial charge is 0.284 e. The lowest BCUT2D eigenvalue weighted by atomic mass is 9.33. The van der Waals surface area contributed by atoms with Crippen LogP contribution < -0.4 is 47.3 Å². The first-order valence-corrected chi connectivity index (χ1v) is 16.5. The summed E-state index contributed by atoms with van der Waals surface area (Å²) in [4.78, 5) is 8.04. The largest absolute Gasteiger partial charge is 0.458 e. The highest BCUT2D eigenvalue weighted by atomic mass is 16.5. The van der Waals surface area contributed by atoms with Crippen molar-refractivity contribution in [3.8, 4) is 28.7 Å². The van der Waals surface area contributed by atoms with Crippen LogP contribution in [0.15, 0.2) is 140 Å². The van der Waals surface area contributed by atoms with Gasteiger partial charge in [0.2, 0.25) is 0 Å². The van der Waals surface area contributed by atoms with E-state index in [1.165, 1.54) is 38.4 Å². The molecule has 2 aromatic heterocycles. The molecule has 0 spiro atoms. The third-order valence-corrected chi connectivity index (χ3v) is 10.7. The van der Waals surface area contributed by atoms with Crippen LogP contribution in [-0.4, -0.2) is 23.0 Å². The van der Waals surface area contributed by atoms with Crippen LogP contribution >= 0.6 is 0 Å². The molecule has 4 aliphatic heterocycles. The molecular weight excluding hydrogens is 588 g/mol. The first-order chi connectivity index (χ1) is 23.8. The molecule has 0 saturated carbocycles. The van der Waals surface area contributed by atoms with Crippen LogP contribution in [0.1, 0.15) is 0 Å². The number of fused-ring (bicyclic) bond motifs is 11. The second kappa shape index (κ2) is 8.78. The number of ether oxygens (including phenoxy) is 2. The van der Waals surface area contributed by atoms with Crippen molar-refractivity contribution in [2.45, 2.75) is 0 Å². The van der Waals surface area contributed by atoms with Gasteiger partial charge in [-0.25, -0.2) is 4.98 Å². The molecule has 6 heterocycles. The number of nitrogens with zero attached hydrogens (tertiary/aromatic N) is 3. The summed E-state index contributed by atoms with van der Waals surface area (Å²) in [5.74, 6) is 4.24. The van der Waals surface area contributed by atoms with Crippen LogP contribution in [0.5, 0.6) is 23.0 Å². The third kappa shape index (κ3) is 2.98. The number of pyridine rings is 1.